The van der Waals surface area contributed by atoms with Crippen LogP contribution in [0.4, 0.5) is 4.79 Å². The van der Waals surface area contributed by atoms with Gasteiger partial charge in [0.2, 0.25) is 0 Å². The van der Waals surface area contributed by atoms with Gasteiger partial charge in [-0.3, -0.25) is 4.21 Å². The number of nitrogens with one attached hydrogen (secondary N) is 1. The normalized spacial score (nSPS) is 25.9. The Hall–Kier alpha value is -1.11. The number of rotatable bonds is 5. The standard InChI is InChI=1S/C13H24N2O4S/c1-4-10-5-6-15(11(7-10)12(16)17)13(18)14-8-9(2)20(3)19/h9-11H,4-8H2,1-3H3,(H,14,18)(H,16,17). The highest BCUT2D eigenvalue weighted by Crippen LogP contribution is 2.25. The smallest absolute Gasteiger partial charge is 0.326 e. The number of hydrogen-bond donors (Lipinski definition) is 2. The third-order valence-corrected chi connectivity index (χ3v) is 5.24. The molecule has 0 aromatic rings. The molecule has 4 atom stereocenters. The van der Waals surface area contributed by atoms with Gasteiger partial charge in [-0.2, -0.15) is 0 Å². The summed E-state index contributed by atoms with van der Waals surface area (Å²) in [4.78, 5) is 24.8. The van der Waals surface area contributed by atoms with Gasteiger partial charge in [0.05, 0.1) is 0 Å². The Labute approximate surface area is 122 Å². The van der Waals surface area contributed by atoms with E-state index in [1.807, 2.05) is 6.92 Å². The first-order chi connectivity index (χ1) is 9.36. The lowest BCUT2D eigenvalue weighted by Gasteiger charge is -2.37. The van der Waals surface area contributed by atoms with Crippen molar-refractivity contribution in [2.75, 3.05) is 19.3 Å². The second-order valence-corrected chi connectivity index (χ2v) is 7.14. The van der Waals surface area contributed by atoms with Crippen LogP contribution >= 0.6 is 0 Å². The van der Waals surface area contributed by atoms with Crippen molar-refractivity contribution >= 4 is 22.8 Å². The molecule has 0 spiro atoms. The molecule has 0 radical (unpaired) electrons. The maximum absolute atomic E-state index is 12.1. The van der Waals surface area contributed by atoms with Crippen molar-refractivity contribution in [1.82, 2.24) is 10.2 Å². The Morgan fingerprint density at radius 2 is 2.15 bits per heavy atom. The van der Waals surface area contributed by atoms with E-state index in [0.717, 1.165) is 12.8 Å². The molecule has 2 N–H and O–H groups in total. The highest BCUT2D eigenvalue weighted by atomic mass is 32.2. The zero-order valence-electron chi connectivity index (χ0n) is 12.3. The van der Waals surface area contributed by atoms with Crippen molar-refractivity contribution in [2.45, 2.75) is 44.4 Å². The molecule has 0 aliphatic carbocycles. The number of carbonyl (C=O) groups excluding carboxylic acids is 1. The number of aliphatic carboxylic acids is 1. The summed E-state index contributed by atoms with van der Waals surface area (Å²) >= 11 is 0. The van der Waals surface area contributed by atoms with E-state index in [1.165, 1.54) is 4.90 Å². The lowest BCUT2D eigenvalue weighted by Crippen LogP contribution is -2.54. The van der Waals surface area contributed by atoms with Crippen LogP contribution in [0.2, 0.25) is 0 Å². The van der Waals surface area contributed by atoms with Crippen LogP contribution in [0.3, 0.4) is 0 Å². The van der Waals surface area contributed by atoms with Gasteiger partial charge in [0, 0.05) is 35.4 Å². The summed E-state index contributed by atoms with van der Waals surface area (Å²) in [5.41, 5.74) is 0. The first-order valence-electron chi connectivity index (χ1n) is 6.96. The number of likely N-dealkylation sites (tertiary alicyclic amines) is 1. The summed E-state index contributed by atoms with van der Waals surface area (Å²) in [5, 5.41) is 11.8. The van der Waals surface area contributed by atoms with Crippen LogP contribution in [0.25, 0.3) is 0 Å². The Balaban J connectivity index is 2.61. The van der Waals surface area contributed by atoms with E-state index in [2.05, 4.69) is 5.32 Å². The van der Waals surface area contributed by atoms with Gasteiger partial charge in [0.15, 0.2) is 0 Å². The van der Waals surface area contributed by atoms with Gasteiger partial charge in [-0.25, -0.2) is 9.59 Å². The third-order valence-electron chi connectivity index (χ3n) is 3.94. The summed E-state index contributed by atoms with van der Waals surface area (Å²) in [6.07, 6.45) is 3.87. The zero-order chi connectivity index (χ0) is 15.3. The molecule has 0 bridgehead atoms. The minimum Gasteiger partial charge on any atom is -0.480 e. The number of carboxylic acid groups (broad SMARTS) is 1. The van der Waals surface area contributed by atoms with E-state index in [1.54, 1.807) is 13.2 Å². The summed E-state index contributed by atoms with van der Waals surface area (Å²) in [7, 11) is -1.01. The van der Waals surface area contributed by atoms with Crippen LogP contribution in [0.5, 0.6) is 0 Å². The van der Waals surface area contributed by atoms with Crippen molar-refractivity contribution in [3.8, 4) is 0 Å². The Bertz CT molecular complexity index is 389. The van der Waals surface area contributed by atoms with Gasteiger partial charge < -0.3 is 15.3 Å². The van der Waals surface area contributed by atoms with Crippen LogP contribution in [0.15, 0.2) is 0 Å². The van der Waals surface area contributed by atoms with Crippen molar-refractivity contribution in [1.29, 1.82) is 0 Å². The van der Waals surface area contributed by atoms with Crippen molar-refractivity contribution < 1.29 is 18.9 Å². The van der Waals surface area contributed by atoms with Crippen LogP contribution in [-0.2, 0) is 15.6 Å². The predicted molar refractivity (Wildman–Crippen MR) is 78.1 cm³/mol. The van der Waals surface area contributed by atoms with Crippen LogP contribution < -0.4 is 5.32 Å². The molecule has 0 aromatic carbocycles. The van der Waals surface area contributed by atoms with Crippen molar-refractivity contribution in [3.05, 3.63) is 0 Å². The fraction of sp³-hybridized carbons (Fsp3) is 0.846. The first kappa shape index (κ1) is 16.9. The first-order valence-corrected chi connectivity index (χ1v) is 8.58. The van der Waals surface area contributed by atoms with Crippen LogP contribution in [-0.4, -0.2) is 56.9 Å². The second-order valence-electron chi connectivity index (χ2n) is 5.34. The largest absolute Gasteiger partial charge is 0.480 e. The average Bonchev–Trinajstić information content (AvgIpc) is 2.43. The molecule has 4 unspecified atom stereocenters. The van der Waals surface area contributed by atoms with Crippen molar-refractivity contribution in [3.63, 3.8) is 0 Å². The molecule has 1 saturated heterocycles. The molecule has 1 fully saturated rings. The summed E-state index contributed by atoms with van der Waals surface area (Å²) in [6.45, 7) is 4.58. The number of urea groups is 1. The topological polar surface area (TPSA) is 86.7 Å². The minimum absolute atomic E-state index is 0.143. The molecule has 2 amide bonds. The van der Waals surface area contributed by atoms with E-state index in [4.69, 9.17) is 0 Å². The van der Waals surface area contributed by atoms with E-state index >= 15 is 0 Å². The van der Waals surface area contributed by atoms with Gasteiger partial charge in [0.1, 0.15) is 6.04 Å². The highest BCUT2D eigenvalue weighted by molar-refractivity contribution is 7.84. The molecule has 0 aromatic heterocycles. The van der Waals surface area contributed by atoms with Gasteiger partial charge in [-0.1, -0.05) is 13.3 Å². The van der Waals surface area contributed by atoms with Crippen LogP contribution in [0.1, 0.15) is 33.1 Å². The molecule has 1 heterocycles. The molecular formula is C13H24N2O4S. The number of hydrogen-bond acceptors (Lipinski definition) is 3. The maximum Gasteiger partial charge on any atom is 0.326 e. The van der Waals surface area contributed by atoms with E-state index in [-0.39, 0.29) is 11.3 Å². The van der Waals surface area contributed by atoms with Gasteiger partial charge >= 0.3 is 12.0 Å². The summed E-state index contributed by atoms with van der Waals surface area (Å²) < 4.78 is 11.2. The molecule has 0 saturated carbocycles. The summed E-state index contributed by atoms with van der Waals surface area (Å²) in [5.74, 6) is -0.590. The fourth-order valence-corrected chi connectivity index (χ4v) is 2.65. The SMILES string of the molecule is CCC1CCN(C(=O)NCC(C)S(C)=O)C(C(=O)O)C1. The summed E-state index contributed by atoms with van der Waals surface area (Å²) in [6, 6.07) is -1.12. The third kappa shape index (κ3) is 4.47. The number of nitrogens with zero attached hydrogens (tertiary/aromatic N) is 1. The number of carboxylic acids is 1. The molecule has 1 aliphatic rings. The quantitative estimate of drug-likeness (QED) is 0.794. The van der Waals surface area contributed by atoms with Gasteiger partial charge in [-0.05, 0) is 25.7 Å². The van der Waals surface area contributed by atoms with E-state index < -0.39 is 22.8 Å². The maximum atomic E-state index is 12.1. The fourth-order valence-electron chi connectivity index (χ4n) is 2.34. The molecule has 7 heteroatoms. The number of carbonyl (C=O) groups is 2. The molecule has 1 aliphatic heterocycles. The number of amides is 2. The Morgan fingerprint density at radius 1 is 1.50 bits per heavy atom. The lowest BCUT2D eigenvalue weighted by atomic mass is 9.89. The Kier molecular flexibility index (Phi) is 6.45. The zero-order valence-corrected chi connectivity index (χ0v) is 13.1. The monoisotopic (exact) mass is 304 g/mol. The van der Waals surface area contributed by atoms with Gasteiger partial charge in [0.25, 0.3) is 0 Å². The minimum atomic E-state index is -1.01. The van der Waals surface area contributed by atoms with E-state index in [9.17, 15) is 18.9 Å². The molecule has 1 rings (SSSR count). The molecular weight excluding hydrogens is 280 g/mol. The number of piperidine rings is 1. The average molecular weight is 304 g/mol. The molecule has 20 heavy (non-hydrogen) atoms. The molecule has 6 nitrogen and oxygen atoms in total. The Morgan fingerprint density at radius 3 is 2.65 bits per heavy atom. The predicted octanol–water partition coefficient (Wildman–Crippen LogP) is 1.04. The highest BCUT2D eigenvalue weighted by Gasteiger charge is 2.35. The van der Waals surface area contributed by atoms with Crippen LogP contribution in [0, 0.1) is 5.92 Å². The molecule has 116 valence electrons. The second kappa shape index (κ2) is 7.61. The van der Waals surface area contributed by atoms with E-state index in [0.29, 0.717) is 25.4 Å². The van der Waals surface area contributed by atoms with Gasteiger partial charge in [-0.15, -0.1) is 0 Å². The lowest BCUT2D eigenvalue weighted by molar-refractivity contribution is -0.144. The van der Waals surface area contributed by atoms with Crippen molar-refractivity contribution in [2.24, 2.45) is 5.92 Å².